The predicted molar refractivity (Wildman–Crippen MR) is 175 cm³/mol. The van der Waals surface area contributed by atoms with Crippen LogP contribution in [0.2, 0.25) is 0 Å². The van der Waals surface area contributed by atoms with Gasteiger partial charge < -0.3 is 9.30 Å². The van der Waals surface area contributed by atoms with Gasteiger partial charge in [-0.1, -0.05) is 23.8 Å². The number of rotatable bonds is 7. The number of alkyl halides is 3. The molecular weight excluding hydrogens is 661 g/mol. The lowest BCUT2D eigenvalue weighted by Gasteiger charge is -2.28. The van der Waals surface area contributed by atoms with Gasteiger partial charge in [0, 0.05) is 49.4 Å². The number of amides is 2. The zero-order valence-corrected chi connectivity index (χ0v) is 26.9. The van der Waals surface area contributed by atoms with Crippen LogP contribution in [0.4, 0.5) is 35.0 Å². The van der Waals surface area contributed by atoms with Gasteiger partial charge in [-0.15, -0.1) is 0 Å². The van der Waals surface area contributed by atoms with Crippen LogP contribution in [-0.2, 0) is 20.6 Å². The highest BCUT2D eigenvalue weighted by Crippen LogP contribution is 2.54. The standard InChI is InChI=1S/C34H26F3N6O5S/c1-21-4-9-25(10-5-21)49(45,46)48-43(24-8-12-29(42-15-14-38-20-42)27(17-24)34(35,36)37)32-26-16-22(23-7-13-31(47-3)40-18-23)6-11-28(26)39-19-30(32)41(2)33(43)44/h4-20H,1-3H3/q+1. The maximum atomic E-state index is 14.8. The topological polar surface area (TPSA) is 117 Å². The number of hydroxylamine groups is 1. The smallest absolute Gasteiger partial charge is 0.468 e. The van der Waals surface area contributed by atoms with Crippen molar-refractivity contribution in [3.63, 3.8) is 0 Å². The van der Waals surface area contributed by atoms with Crippen LogP contribution in [0.1, 0.15) is 11.1 Å². The third kappa shape index (κ3) is 5.28. The molecule has 3 aromatic carbocycles. The molecule has 0 spiro atoms. The van der Waals surface area contributed by atoms with Crippen LogP contribution < -0.4 is 14.3 Å². The second-order valence-electron chi connectivity index (χ2n) is 11.3. The first-order valence-electron chi connectivity index (χ1n) is 14.7. The van der Waals surface area contributed by atoms with Gasteiger partial charge in [-0.2, -0.15) is 21.6 Å². The van der Waals surface area contributed by atoms with Crippen LogP contribution in [-0.4, -0.2) is 48.1 Å². The Labute approximate surface area is 278 Å². The van der Waals surface area contributed by atoms with Crippen LogP contribution >= 0.6 is 0 Å². The Bertz CT molecular complexity index is 2350. The maximum absolute atomic E-state index is 14.8. The van der Waals surface area contributed by atoms with Gasteiger partial charge in [-0.05, 0) is 57.8 Å². The van der Waals surface area contributed by atoms with Gasteiger partial charge in [0.25, 0.3) is 0 Å². The molecule has 0 radical (unpaired) electrons. The molecule has 0 bridgehead atoms. The van der Waals surface area contributed by atoms with E-state index in [1.807, 2.05) is 0 Å². The first kappa shape index (κ1) is 31.9. The Kier molecular flexibility index (Phi) is 7.50. The van der Waals surface area contributed by atoms with Crippen LogP contribution in [0.5, 0.6) is 5.88 Å². The van der Waals surface area contributed by atoms with E-state index in [9.17, 15) is 26.4 Å². The molecule has 1 atom stereocenters. The van der Waals surface area contributed by atoms with Crippen molar-refractivity contribution in [3.8, 4) is 22.7 Å². The average Bonchev–Trinajstić information content (AvgIpc) is 3.70. The summed E-state index contributed by atoms with van der Waals surface area (Å²) in [5.41, 5.74) is 0.579. The monoisotopic (exact) mass is 687 g/mol. The number of nitrogens with zero attached hydrogens (tertiary/aromatic N) is 6. The van der Waals surface area contributed by atoms with Crippen LogP contribution in [0.15, 0.2) is 109 Å². The fourth-order valence-corrected chi connectivity index (χ4v) is 6.90. The van der Waals surface area contributed by atoms with Gasteiger partial charge in [-0.3, -0.25) is 9.88 Å². The molecule has 248 valence electrons. The Balaban J connectivity index is 1.55. The summed E-state index contributed by atoms with van der Waals surface area (Å²) in [6, 6.07) is 16.3. The third-order valence-corrected chi connectivity index (χ3v) is 9.55. The van der Waals surface area contributed by atoms with Gasteiger partial charge in [-0.25, -0.2) is 14.8 Å². The number of aromatic nitrogens is 4. The van der Waals surface area contributed by atoms with E-state index >= 15 is 0 Å². The van der Waals surface area contributed by atoms with Crippen molar-refractivity contribution in [3.05, 3.63) is 115 Å². The summed E-state index contributed by atoms with van der Waals surface area (Å²) in [5, 5.41) is 0.259. The predicted octanol–water partition coefficient (Wildman–Crippen LogP) is 7.35. The Morgan fingerprint density at radius 3 is 2.29 bits per heavy atom. The number of hydrogen-bond acceptors (Lipinski definition) is 8. The molecule has 0 aliphatic carbocycles. The molecule has 2 amide bonds. The van der Waals surface area contributed by atoms with Gasteiger partial charge >= 0.3 is 22.3 Å². The van der Waals surface area contributed by atoms with Gasteiger partial charge in [0.15, 0.2) is 5.69 Å². The molecule has 15 heteroatoms. The molecule has 6 aromatic rings. The highest BCUT2D eigenvalue weighted by atomic mass is 32.2. The lowest BCUT2D eigenvalue weighted by molar-refractivity contribution is -0.137. The number of quaternary nitrogens is 1. The summed E-state index contributed by atoms with van der Waals surface area (Å²) in [4.78, 5) is 28.0. The number of anilines is 1. The molecular formula is C34H26F3N6O5S+. The number of benzene rings is 3. The Morgan fingerprint density at radius 2 is 1.63 bits per heavy atom. The molecule has 7 rings (SSSR count). The number of pyridine rings is 2. The fourth-order valence-electron chi connectivity index (χ4n) is 5.83. The minimum absolute atomic E-state index is 0.0417. The Hall–Kier alpha value is -5.64. The van der Waals surface area contributed by atoms with Crippen molar-refractivity contribution in [2.75, 3.05) is 19.1 Å². The molecule has 1 aliphatic rings. The highest BCUT2D eigenvalue weighted by molar-refractivity contribution is 7.86. The minimum atomic E-state index is -4.93. The van der Waals surface area contributed by atoms with E-state index in [0.29, 0.717) is 22.5 Å². The second kappa shape index (κ2) is 11.5. The summed E-state index contributed by atoms with van der Waals surface area (Å²) in [7, 11) is -1.97. The zero-order chi connectivity index (χ0) is 34.7. The molecule has 0 N–H and O–H groups in total. The normalized spacial score (nSPS) is 16.3. The number of carbonyl (C=O) groups excluding carboxylic acids is 1. The fraction of sp³-hybridized carbons (Fsp3) is 0.118. The first-order chi connectivity index (χ1) is 23.3. The number of urea groups is 1. The molecule has 4 heterocycles. The van der Waals surface area contributed by atoms with Crippen molar-refractivity contribution in [1.82, 2.24) is 24.2 Å². The average molecular weight is 688 g/mol. The maximum Gasteiger partial charge on any atom is 0.468 e. The van der Waals surface area contributed by atoms with E-state index in [1.54, 1.807) is 55.6 Å². The molecule has 1 unspecified atom stereocenters. The quantitative estimate of drug-likeness (QED) is 0.160. The number of hydrogen-bond donors (Lipinski definition) is 0. The number of carbonyl (C=O) groups is 1. The van der Waals surface area contributed by atoms with Crippen molar-refractivity contribution >= 4 is 44.1 Å². The van der Waals surface area contributed by atoms with E-state index < -0.39 is 38.2 Å². The van der Waals surface area contributed by atoms with Crippen LogP contribution in [0, 0.1) is 6.92 Å². The summed E-state index contributed by atoms with van der Waals surface area (Å²) in [6.07, 6.45) is 1.86. The molecule has 0 saturated carbocycles. The third-order valence-electron chi connectivity index (χ3n) is 8.28. The van der Waals surface area contributed by atoms with Crippen molar-refractivity contribution in [1.29, 1.82) is 0 Å². The van der Waals surface area contributed by atoms with E-state index in [4.69, 9.17) is 9.02 Å². The van der Waals surface area contributed by atoms with Gasteiger partial charge in [0.1, 0.15) is 5.69 Å². The molecule has 0 saturated heterocycles. The number of fused-ring (bicyclic) bond motifs is 3. The molecule has 0 fully saturated rings. The van der Waals surface area contributed by atoms with E-state index in [2.05, 4.69) is 15.0 Å². The first-order valence-corrected chi connectivity index (χ1v) is 16.1. The number of halogens is 3. The van der Waals surface area contributed by atoms with E-state index in [-0.39, 0.29) is 27.3 Å². The summed E-state index contributed by atoms with van der Waals surface area (Å²) < 4.78 is 83.2. The number of methoxy groups -OCH3 is 1. The van der Waals surface area contributed by atoms with E-state index in [0.717, 1.165) is 22.6 Å². The lowest BCUT2D eigenvalue weighted by Crippen LogP contribution is -2.51. The Morgan fingerprint density at radius 1 is 0.878 bits per heavy atom. The van der Waals surface area contributed by atoms with Crippen LogP contribution in [0.25, 0.3) is 27.7 Å². The van der Waals surface area contributed by atoms with E-state index in [1.165, 1.54) is 61.8 Å². The lowest BCUT2D eigenvalue weighted by atomic mass is 10.0. The largest absolute Gasteiger partial charge is 0.481 e. The number of imidazole rings is 1. The summed E-state index contributed by atoms with van der Waals surface area (Å²) in [5.74, 6) is 0.379. The SMILES string of the molecule is COc1ccc(-c2ccc3ncc4c(c3c2)[N+](OS(=O)(=O)c2ccc(C)cc2)(c2ccc(-n3ccnc3)c(C(F)(F)F)c2)C(=O)N4C)cn1. The van der Waals surface area contributed by atoms with Crippen LogP contribution in [0.3, 0.4) is 0 Å². The minimum Gasteiger partial charge on any atom is -0.481 e. The molecule has 3 aromatic heterocycles. The van der Waals surface area contributed by atoms with Crippen molar-refractivity contribution in [2.24, 2.45) is 0 Å². The molecule has 11 nitrogen and oxygen atoms in total. The van der Waals surface area contributed by atoms with Gasteiger partial charge in [0.2, 0.25) is 11.6 Å². The van der Waals surface area contributed by atoms with Crippen molar-refractivity contribution < 1.29 is 35.4 Å². The molecule has 49 heavy (non-hydrogen) atoms. The molecule has 1 aliphatic heterocycles. The number of ether oxygens (including phenoxy) is 1. The zero-order valence-electron chi connectivity index (χ0n) is 26.1. The van der Waals surface area contributed by atoms with Gasteiger partial charge in [0.05, 0.1) is 46.7 Å². The summed E-state index contributed by atoms with van der Waals surface area (Å²) >= 11 is 0. The second-order valence-corrected chi connectivity index (χ2v) is 12.8. The van der Waals surface area contributed by atoms with Crippen molar-refractivity contribution in [2.45, 2.75) is 18.0 Å². The highest BCUT2D eigenvalue weighted by Gasteiger charge is 2.60. The summed E-state index contributed by atoms with van der Waals surface area (Å²) in [6.45, 7) is 1.76. The number of aryl methyl sites for hydroxylation is 1.